The number of ketones is 2. The number of nitrogens with two attached hydrogens (primary N) is 1. The van der Waals surface area contributed by atoms with Crippen LogP contribution in [0.3, 0.4) is 0 Å². The van der Waals surface area contributed by atoms with Crippen molar-refractivity contribution in [2.45, 2.75) is 389 Å². The van der Waals surface area contributed by atoms with Gasteiger partial charge in [0.15, 0.2) is 11.6 Å². The van der Waals surface area contributed by atoms with Gasteiger partial charge < -0.3 is 96.8 Å². The summed E-state index contributed by atoms with van der Waals surface area (Å²) in [6.45, 7) is 26.4. The molecule has 0 amide bonds. The summed E-state index contributed by atoms with van der Waals surface area (Å²) in [4.78, 5) is 28.0. The van der Waals surface area contributed by atoms with Crippen LogP contribution >= 0.6 is 0 Å². The van der Waals surface area contributed by atoms with Crippen LogP contribution in [0, 0.1) is 35.5 Å². The summed E-state index contributed by atoms with van der Waals surface area (Å²) in [5, 5.41) is 30.5. The fraction of sp³-hybridized carbons (Fsp3) is 0.875. The largest absolute Gasteiger partial charge is 0.394 e. The molecular formula is C80H117NO21. The summed E-state index contributed by atoms with van der Waals surface area (Å²) in [6, 6.07) is 0. The molecule has 102 heavy (non-hydrogen) atoms. The molecule has 20 aliphatic heterocycles. The molecule has 20 rings (SSSR count). The minimum absolute atomic E-state index is 0.00127. The van der Waals surface area contributed by atoms with E-state index in [1.54, 1.807) is 0 Å². The van der Waals surface area contributed by atoms with Crippen LogP contribution < -0.4 is 5.73 Å². The lowest BCUT2D eigenvalue weighted by atomic mass is 9.78. The fourth-order valence-corrected chi connectivity index (χ4v) is 22.5. The number of rotatable bonds is 6. The van der Waals surface area contributed by atoms with Crippen molar-refractivity contribution >= 4 is 11.6 Å². The molecule has 0 aromatic carbocycles. The molecule has 0 aromatic rings. The summed E-state index contributed by atoms with van der Waals surface area (Å²) < 4.78 is 108. The molecule has 0 aliphatic carbocycles. The lowest BCUT2D eigenvalue weighted by molar-refractivity contribution is -0.292. The van der Waals surface area contributed by atoms with Gasteiger partial charge in [-0.3, -0.25) is 9.59 Å². The molecule has 5 N–H and O–H groups in total. The average molecular weight is 1430 g/mol. The summed E-state index contributed by atoms with van der Waals surface area (Å²) in [7, 11) is 0. The zero-order valence-electron chi connectivity index (χ0n) is 60.7. The Hall–Kier alpha value is -2.50. The topological polar surface area (TPSA) is 269 Å². The van der Waals surface area contributed by atoms with Crippen molar-refractivity contribution < 1.29 is 101 Å². The molecule has 38 atom stereocenters. The third kappa shape index (κ3) is 13.9. The van der Waals surface area contributed by atoms with Gasteiger partial charge in [-0.15, -0.1) is 0 Å². The number of aliphatic hydroxyl groups is 3. The van der Waals surface area contributed by atoms with Gasteiger partial charge in [-0.2, -0.15) is 0 Å². The predicted molar refractivity (Wildman–Crippen MR) is 367 cm³/mol. The van der Waals surface area contributed by atoms with Crippen molar-refractivity contribution in [2.75, 3.05) is 13.2 Å². The molecule has 20 fully saturated rings. The van der Waals surface area contributed by atoms with Crippen molar-refractivity contribution in [3.8, 4) is 0 Å². The van der Waals surface area contributed by atoms with Crippen molar-refractivity contribution in [2.24, 2.45) is 41.2 Å². The van der Waals surface area contributed by atoms with E-state index >= 15 is 0 Å². The highest BCUT2D eigenvalue weighted by atomic mass is 16.8. The van der Waals surface area contributed by atoms with E-state index < -0.39 is 23.8 Å². The highest BCUT2D eigenvalue weighted by Gasteiger charge is 2.71. The molecule has 24 bridgehead atoms. The number of hydrogen-bond acceptors (Lipinski definition) is 22. The first-order valence-electron chi connectivity index (χ1n) is 40.1. The molecule has 20 aliphatic rings. The van der Waals surface area contributed by atoms with Crippen LogP contribution in [-0.2, 0) is 85.4 Å². The van der Waals surface area contributed by atoms with E-state index in [9.17, 15) is 24.9 Å². The van der Waals surface area contributed by atoms with E-state index in [1.165, 1.54) is 0 Å². The first-order valence-corrected chi connectivity index (χ1v) is 40.1. The molecule has 0 radical (unpaired) electrons. The Morgan fingerprint density at radius 1 is 0.402 bits per heavy atom. The van der Waals surface area contributed by atoms with Crippen molar-refractivity contribution in [3.63, 3.8) is 0 Å². The van der Waals surface area contributed by atoms with Crippen molar-refractivity contribution in [3.05, 3.63) is 48.6 Å². The maximum atomic E-state index is 14.0. The van der Waals surface area contributed by atoms with E-state index in [2.05, 4.69) is 54.0 Å². The Labute approximate surface area is 602 Å². The molecule has 2 spiro atoms. The summed E-state index contributed by atoms with van der Waals surface area (Å²) >= 11 is 0. The number of aliphatic hydroxyl groups excluding tert-OH is 3. The number of carbonyl (C=O) groups is 2. The van der Waals surface area contributed by atoms with Crippen LogP contribution in [-0.4, -0.2) is 235 Å². The van der Waals surface area contributed by atoms with Gasteiger partial charge in [0.1, 0.15) is 72.6 Å². The van der Waals surface area contributed by atoms with Crippen LogP contribution in [0.15, 0.2) is 48.6 Å². The molecule has 20 heterocycles. The highest BCUT2D eigenvalue weighted by molar-refractivity contribution is 5.79. The minimum atomic E-state index is -0.872. The Morgan fingerprint density at radius 2 is 0.794 bits per heavy atom. The first-order chi connectivity index (χ1) is 49.1. The van der Waals surface area contributed by atoms with Gasteiger partial charge in [0.05, 0.1) is 129 Å². The Bertz CT molecular complexity index is 2920. The minimum Gasteiger partial charge on any atom is -0.394 e. The molecular weight excluding hydrogens is 1310 g/mol. The Morgan fingerprint density at radius 3 is 1.24 bits per heavy atom. The molecule has 0 aromatic heterocycles. The monoisotopic (exact) mass is 1430 g/mol. The fourth-order valence-electron chi connectivity index (χ4n) is 22.5. The van der Waals surface area contributed by atoms with E-state index in [0.29, 0.717) is 88.9 Å². The predicted octanol–water partition coefficient (Wildman–Crippen LogP) is 8.15. The number of carbonyl (C=O) groups excluding carboxylic acids is 2. The lowest BCUT2D eigenvalue weighted by Gasteiger charge is -2.47. The van der Waals surface area contributed by atoms with E-state index in [-0.39, 0.29) is 219 Å². The highest BCUT2D eigenvalue weighted by Crippen LogP contribution is 2.57. The first kappa shape index (κ1) is 72.4. The second-order valence-corrected chi connectivity index (χ2v) is 35.1. The lowest BCUT2D eigenvalue weighted by Crippen LogP contribution is -2.61. The maximum Gasteiger partial charge on any atom is 0.172 e. The van der Waals surface area contributed by atoms with Crippen LogP contribution in [0.4, 0.5) is 0 Å². The number of Topliss-reactive ketones (excluding diaryl/α,β-unsaturated/α-hetero) is 2. The average Bonchev–Trinajstić information content (AvgIpc) is 1.54. The molecule has 12 unspecified atom stereocenters. The van der Waals surface area contributed by atoms with E-state index in [0.717, 1.165) is 112 Å². The normalized spacial score (nSPS) is 53.2. The standard InChI is InChI=1S/C40H59NO10.C40H58O11/c2*1-19-11-25-5-7-29-20(2)12-27(44-29)9-10-40-17-34-36(50-40)37-38(49-34)39(51-40)35-30(48-37)8-6-26(46-35)13-23(42)14-28-22(4)31(15-24(43)18-41)47-33(28)16-32(45-25)21(19)3/h19,22,24-39,43H,2-3,5-18,41H2,1,4H3;19,22,24-39,41,43H,2-3,5-18H2,1,4H3/t2*19-,22-,24+,25+,26?,27+,28-,29?,30?,31-,32?,33+,34+,35?,36?,37+,38-,39+,40+/m11/s1. The van der Waals surface area contributed by atoms with E-state index in [4.69, 9.17) is 81.5 Å². The quantitative estimate of drug-likeness (QED) is 0.183. The smallest absolute Gasteiger partial charge is 0.172 e. The molecule has 0 saturated carbocycles. The number of fused-ring (bicyclic) bond motifs is 12. The SMILES string of the molecule is C=C1C[C@@H]2CC[C@@]34C[C@@H]5O[C@H]6[C@@H](O3)C3OC(CCC3O[C@H]6C5O4)CC(=O)C[C@@H]3[C@@H](C)[C@@H](C[C@H](O)CN)O[C@H]3CC3O[C@@H](CCC1O2)C[C@@H](C)C3=C.C=C1C[C@@H]2CC[C@@]34C[C@@H]5O[C@H]6[C@@H](O3)C3OC(CCC3O[C@H]6C5O4)CC(=O)C[C@@H]3[C@@H](C)[C@@H](C[C@H](O)CO)O[C@H]3CC3O[C@@H](CCC1O2)C[C@@H](C)C3=C. The van der Waals surface area contributed by atoms with Gasteiger partial charge in [-0.25, -0.2) is 0 Å². The third-order valence-corrected chi connectivity index (χ3v) is 28.3. The summed E-state index contributed by atoms with van der Waals surface area (Å²) in [5.41, 5.74) is 10.3. The van der Waals surface area contributed by atoms with E-state index in [1.807, 2.05) is 0 Å². The molecule has 22 heteroatoms. The molecule has 22 nitrogen and oxygen atoms in total. The zero-order chi connectivity index (χ0) is 70.4. The van der Waals surface area contributed by atoms with Gasteiger partial charge in [-0.05, 0) is 148 Å². The van der Waals surface area contributed by atoms with Gasteiger partial charge >= 0.3 is 0 Å². The zero-order valence-corrected chi connectivity index (χ0v) is 60.7. The molecule has 568 valence electrons. The van der Waals surface area contributed by atoms with Crippen LogP contribution in [0.25, 0.3) is 0 Å². The van der Waals surface area contributed by atoms with Gasteiger partial charge in [0.25, 0.3) is 0 Å². The Balaban J connectivity index is 0.000000152. The van der Waals surface area contributed by atoms with Crippen molar-refractivity contribution in [1.29, 1.82) is 0 Å². The summed E-state index contributed by atoms with van der Waals surface area (Å²) in [6.07, 6.45) is 12.1. The van der Waals surface area contributed by atoms with Gasteiger partial charge in [-0.1, -0.05) is 54.0 Å². The van der Waals surface area contributed by atoms with Crippen molar-refractivity contribution in [1.82, 2.24) is 0 Å². The van der Waals surface area contributed by atoms with Gasteiger partial charge in [0.2, 0.25) is 0 Å². The third-order valence-electron chi connectivity index (χ3n) is 28.3. The maximum absolute atomic E-state index is 14.0. The summed E-state index contributed by atoms with van der Waals surface area (Å²) in [5.74, 6) is -0.589. The second kappa shape index (κ2) is 29.1. The number of hydrogen-bond donors (Lipinski definition) is 4. The van der Waals surface area contributed by atoms with Crippen LogP contribution in [0.1, 0.15) is 195 Å². The Kier molecular flexibility index (Phi) is 20.6. The van der Waals surface area contributed by atoms with Crippen LogP contribution in [0.2, 0.25) is 0 Å². The number of ether oxygens (including phenoxy) is 16. The van der Waals surface area contributed by atoms with Crippen LogP contribution in [0.5, 0.6) is 0 Å². The van der Waals surface area contributed by atoms with Gasteiger partial charge in [0, 0.05) is 83.6 Å². The second-order valence-electron chi connectivity index (χ2n) is 35.1. The molecule has 20 saturated heterocycles.